The van der Waals surface area contributed by atoms with E-state index in [0.29, 0.717) is 6.04 Å². The van der Waals surface area contributed by atoms with Gasteiger partial charge in [-0.1, -0.05) is 12.8 Å². The Morgan fingerprint density at radius 3 is 3.08 bits per heavy atom. The molecule has 1 unspecified atom stereocenters. The molecule has 0 saturated heterocycles. The predicted molar refractivity (Wildman–Crippen MR) is 45.5 cm³/mol. The molecule has 4 nitrogen and oxygen atoms in total. The Bertz CT molecular complexity index is 227. The first-order valence-corrected chi connectivity index (χ1v) is 4.43. The van der Waals surface area contributed by atoms with Gasteiger partial charge in [-0.15, -0.1) is 0 Å². The standard InChI is InChI=1S/C8H14N4/c1-9-7(4-6-2-3-6)8-5-10-12-11-8/h5-7,9H,2-4H2,1H3,(H,10,11,12). The molecule has 1 aliphatic rings. The summed E-state index contributed by atoms with van der Waals surface area (Å²) >= 11 is 0. The molecule has 12 heavy (non-hydrogen) atoms. The predicted octanol–water partition coefficient (Wildman–Crippen LogP) is 0.865. The lowest BCUT2D eigenvalue weighted by Crippen LogP contribution is -2.17. The van der Waals surface area contributed by atoms with Gasteiger partial charge in [0.2, 0.25) is 0 Å². The van der Waals surface area contributed by atoms with E-state index < -0.39 is 0 Å². The van der Waals surface area contributed by atoms with E-state index in [1.807, 2.05) is 7.05 Å². The lowest BCUT2D eigenvalue weighted by molar-refractivity contribution is 0.502. The quantitative estimate of drug-likeness (QED) is 0.697. The molecule has 1 aliphatic carbocycles. The summed E-state index contributed by atoms with van der Waals surface area (Å²) in [7, 11) is 1.97. The second kappa shape index (κ2) is 3.23. The van der Waals surface area contributed by atoms with Crippen LogP contribution in [0.3, 0.4) is 0 Å². The first-order chi connectivity index (χ1) is 5.90. The van der Waals surface area contributed by atoms with Gasteiger partial charge in [-0.2, -0.15) is 15.4 Å². The molecule has 0 aromatic carbocycles. The minimum atomic E-state index is 0.385. The number of hydrogen-bond donors (Lipinski definition) is 2. The number of nitrogens with one attached hydrogen (secondary N) is 2. The fraction of sp³-hybridized carbons (Fsp3) is 0.750. The zero-order chi connectivity index (χ0) is 8.39. The molecule has 4 heteroatoms. The molecule has 2 N–H and O–H groups in total. The van der Waals surface area contributed by atoms with Crippen LogP contribution in [-0.4, -0.2) is 22.5 Å². The molecule has 1 atom stereocenters. The summed E-state index contributed by atoms with van der Waals surface area (Å²) in [6, 6.07) is 0.385. The van der Waals surface area contributed by atoms with Crippen molar-refractivity contribution in [2.24, 2.45) is 5.92 Å². The molecule has 0 spiro atoms. The number of hydrogen-bond acceptors (Lipinski definition) is 3. The van der Waals surface area contributed by atoms with Gasteiger partial charge >= 0.3 is 0 Å². The van der Waals surface area contributed by atoms with Crippen LogP contribution in [-0.2, 0) is 0 Å². The average Bonchev–Trinajstić information content (AvgIpc) is 2.74. The highest BCUT2D eigenvalue weighted by Gasteiger charge is 2.26. The van der Waals surface area contributed by atoms with Crippen LogP contribution in [0, 0.1) is 5.92 Å². The molecule has 1 fully saturated rings. The fourth-order valence-corrected chi connectivity index (χ4v) is 1.45. The molecular formula is C8H14N4. The number of rotatable bonds is 4. The van der Waals surface area contributed by atoms with E-state index in [1.54, 1.807) is 6.20 Å². The summed E-state index contributed by atoms with van der Waals surface area (Å²) in [6.45, 7) is 0. The first kappa shape index (κ1) is 7.73. The van der Waals surface area contributed by atoms with Gasteiger partial charge in [-0.05, 0) is 19.4 Å². The molecule has 1 saturated carbocycles. The van der Waals surface area contributed by atoms with Gasteiger partial charge in [-0.3, -0.25) is 0 Å². The van der Waals surface area contributed by atoms with Crippen molar-refractivity contribution in [1.29, 1.82) is 0 Å². The van der Waals surface area contributed by atoms with E-state index in [2.05, 4.69) is 20.7 Å². The van der Waals surface area contributed by atoms with Crippen LogP contribution in [0.2, 0.25) is 0 Å². The number of nitrogens with zero attached hydrogens (tertiary/aromatic N) is 2. The van der Waals surface area contributed by atoms with Crippen molar-refractivity contribution >= 4 is 0 Å². The molecular weight excluding hydrogens is 152 g/mol. The average molecular weight is 166 g/mol. The summed E-state index contributed by atoms with van der Waals surface area (Å²) in [5, 5.41) is 13.8. The Balaban J connectivity index is 1.97. The van der Waals surface area contributed by atoms with Gasteiger partial charge in [0.25, 0.3) is 0 Å². The molecule has 66 valence electrons. The Morgan fingerprint density at radius 2 is 2.58 bits per heavy atom. The highest BCUT2D eigenvalue weighted by Crippen LogP contribution is 2.36. The zero-order valence-corrected chi connectivity index (χ0v) is 7.25. The van der Waals surface area contributed by atoms with Crippen molar-refractivity contribution in [3.8, 4) is 0 Å². The normalized spacial score (nSPS) is 19.4. The number of aromatic nitrogens is 3. The highest BCUT2D eigenvalue weighted by atomic mass is 15.3. The van der Waals surface area contributed by atoms with Crippen molar-refractivity contribution in [3.63, 3.8) is 0 Å². The second-order valence-corrected chi connectivity index (χ2v) is 3.42. The van der Waals surface area contributed by atoms with Crippen molar-refractivity contribution in [3.05, 3.63) is 11.9 Å². The van der Waals surface area contributed by atoms with Crippen molar-refractivity contribution in [2.75, 3.05) is 7.05 Å². The molecule has 0 radical (unpaired) electrons. The Hall–Kier alpha value is -0.900. The highest BCUT2D eigenvalue weighted by molar-refractivity contribution is 5.00. The van der Waals surface area contributed by atoms with E-state index in [0.717, 1.165) is 11.6 Å². The van der Waals surface area contributed by atoms with E-state index in [4.69, 9.17) is 0 Å². The summed E-state index contributed by atoms with van der Waals surface area (Å²) in [4.78, 5) is 0. The van der Waals surface area contributed by atoms with E-state index >= 15 is 0 Å². The van der Waals surface area contributed by atoms with Crippen molar-refractivity contribution < 1.29 is 0 Å². The van der Waals surface area contributed by atoms with Crippen molar-refractivity contribution in [1.82, 2.24) is 20.7 Å². The third kappa shape index (κ3) is 1.64. The topological polar surface area (TPSA) is 53.6 Å². The van der Waals surface area contributed by atoms with Gasteiger partial charge in [0, 0.05) is 0 Å². The van der Waals surface area contributed by atoms with Crippen LogP contribution >= 0.6 is 0 Å². The summed E-state index contributed by atoms with van der Waals surface area (Å²) in [5.41, 5.74) is 1.03. The molecule has 2 rings (SSSR count). The summed E-state index contributed by atoms with van der Waals surface area (Å²) in [6.07, 6.45) is 5.76. The maximum Gasteiger partial charge on any atom is 0.0993 e. The van der Waals surface area contributed by atoms with E-state index in [-0.39, 0.29) is 0 Å². The van der Waals surface area contributed by atoms with Crippen LogP contribution in [0.15, 0.2) is 6.20 Å². The zero-order valence-electron chi connectivity index (χ0n) is 7.25. The van der Waals surface area contributed by atoms with E-state index in [1.165, 1.54) is 19.3 Å². The third-order valence-corrected chi connectivity index (χ3v) is 2.41. The van der Waals surface area contributed by atoms with E-state index in [9.17, 15) is 0 Å². The summed E-state index contributed by atoms with van der Waals surface area (Å²) in [5.74, 6) is 0.916. The van der Waals surface area contributed by atoms with Gasteiger partial charge in [0.1, 0.15) is 0 Å². The Kier molecular flexibility index (Phi) is 2.08. The van der Waals surface area contributed by atoms with Crippen LogP contribution < -0.4 is 5.32 Å². The van der Waals surface area contributed by atoms with Gasteiger partial charge < -0.3 is 5.32 Å². The molecule has 1 aromatic heterocycles. The van der Waals surface area contributed by atoms with Crippen LogP contribution in [0.25, 0.3) is 0 Å². The molecule has 0 aliphatic heterocycles. The maximum atomic E-state index is 4.07. The largest absolute Gasteiger partial charge is 0.312 e. The maximum absolute atomic E-state index is 4.07. The second-order valence-electron chi connectivity index (χ2n) is 3.42. The van der Waals surface area contributed by atoms with Crippen LogP contribution in [0.4, 0.5) is 0 Å². The minimum absolute atomic E-state index is 0.385. The van der Waals surface area contributed by atoms with Crippen molar-refractivity contribution in [2.45, 2.75) is 25.3 Å². The lowest BCUT2D eigenvalue weighted by atomic mass is 10.1. The lowest BCUT2D eigenvalue weighted by Gasteiger charge is -2.11. The third-order valence-electron chi connectivity index (χ3n) is 2.41. The number of aromatic amines is 1. The van der Waals surface area contributed by atoms with Gasteiger partial charge in [0.05, 0.1) is 17.9 Å². The molecule has 1 heterocycles. The van der Waals surface area contributed by atoms with Gasteiger partial charge in [-0.25, -0.2) is 0 Å². The first-order valence-electron chi connectivity index (χ1n) is 4.43. The molecule has 0 amide bonds. The SMILES string of the molecule is CNC(CC1CC1)c1cn[nH]n1. The monoisotopic (exact) mass is 166 g/mol. The summed E-state index contributed by atoms with van der Waals surface area (Å²) < 4.78 is 0. The van der Waals surface area contributed by atoms with Crippen LogP contribution in [0.1, 0.15) is 31.0 Å². The smallest absolute Gasteiger partial charge is 0.0993 e. The molecule has 1 aromatic rings. The fourth-order valence-electron chi connectivity index (χ4n) is 1.45. The Labute approximate surface area is 71.8 Å². The number of H-pyrrole nitrogens is 1. The van der Waals surface area contributed by atoms with Crippen LogP contribution in [0.5, 0.6) is 0 Å². The Morgan fingerprint density at radius 1 is 1.75 bits per heavy atom. The minimum Gasteiger partial charge on any atom is -0.312 e. The molecule has 0 bridgehead atoms. The van der Waals surface area contributed by atoms with Gasteiger partial charge in [0.15, 0.2) is 0 Å².